The lowest BCUT2D eigenvalue weighted by molar-refractivity contribution is 0.0947. The third-order valence-corrected chi connectivity index (χ3v) is 4.33. The molecule has 4 nitrogen and oxygen atoms in total. The van der Waals surface area contributed by atoms with Crippen LogP contribution in [0.4, 0.5) is 0 Å². The van der Waals surface area contributed by atoms with E-state index in [1.165, 1.54) is 5.56 Å². The van der Waals surface area contributed by atoms with Crippen molar-refractivity contribution >= 4 is 27.5 Å². The molecule has 118 valence electrons. The molecule has 1 amide bonds. The minimum atomic E-state index is -0.0940. The van der Waals surface area contributed by atoms with Crippen LogP contribution in [0.15, 0.2) is 47.1 Å². The first-order valence-corrected chi connectivity index (χ1v) is 8.32. The zero-order chi connectivity index (χ0) is 16.4. The number of rotatable bonds is 4. The van der Waals surface area contributed by atoms with E-state index in [-0.39, 0.29) is 5.91 Å². The highest BCUT2D eigenvalue weighted by Gasteiger charge is 2.17. The van der Waals surface area contributed by atoms with Crippen LogP contribution in [0.1, 0.15) is 27.3 Å². The number of amides is 1. The molecule has 1 aromatic carbocycles. The fourth-order valence-corrected chi connectivity index (χ4v) is 3.31. The van der Waals surface area contributed by atoms with Crippen LogP contribution in [0.25, 0.3) is 5.65 Å². The lowest BCUT2D eigenvalue weighted by Gasteiger charge is -2.07. The van der Waals surface area contributed by atoms with E-state index in [2.05, 4.69) is 38.4 Å². The highest BCUT2D eigenvalue weighted by Crippen LogP contribution is 2.22. The molecule has 5 heteroatoms. The summed E-state index contributed by atoms with van der Waals surface area (Å²) >= 11 is 3.51. The molecule has 0 saturated heterocycles. The Morgan fingerprint density at radius 2 is 2.00 bits per heavy atom. The van der Waals surface area contributed by atoms with E-state index < -0.39 is 0 Å². The lowest BCUT2D eigenvalue weighted by Crippen LogP contribution is -2.27. The summed E-state index contributed by atoms with van der Waals surface area (Å²) in [4.78, 5) is 17.1. The zero-order valence-electron chi connectivity index (χ0n) is 13.1. The maximum Gasteiger partial charge on any atom is 0.270 e. The maximum atomic E-state index is 12.6. The average Bonchev–Trinajstić information content (AvgIpc) is 2.85. The number of imidazole rings is 1. The van der Waals surface area contributed by atoms with Gasteiger partial charge in [-0.05, 0) is 53.4 Å². The fraction of sp³-hybridized carbons (Fsp3) is 0.222. The van der Waals surface area contributed by atoms with Crippen molar-refractivity contribution in [3.8, 4) is 0 Å². The molecule has 0 radical (unpaired) electrons. The first-order valence-electron chi connectivity index (χ1n) is 7.53. The smallest absolute Gasteiger partial charge is 0.270 e. The van der Waals surface area contributed by atoms with Crippen LogP contribution < -0.4 is 5.32 Å². The SMILES string of the molecule is Cc1cc(Br)c2nc(C)c(C(=O)NCCc3ccccc3)n2c1. The van der Waals surface area contributed by atoms with Gasteiger partial charge in [0.05, 0.1) is 10.2 Å². The summed E-state index contributed by atoms with van der Waals surface area (Å²) in [5, 5.41) is 2.99. The standard InChI is InChI=1S/C18H18BrN3O/c1-12-10-15(19)17-21-13(2)16(22(17)11-12)18(23)20-9-8-14-6-4-3-5-7-14/h3-7,10-11H,8-9H2,1-2H3,(H,20,23). The molecule has 0 atom stereocenters. The molecule has 1 N–H and O–H groups in total. The number of hydrogen-bond donors (Lipinski definition) is 1. The van der Waals surface area contributed by atoms with E-state index in [9.17, 15) is 4.79 Å². The number of hydrogen-bond acceptors (Lipinski definition) is 2. The predicted octanol–water partition coefficient (Wildman–Crippen LogP) is 3.69. The van der Waals surface area contributed by atoms with Crippen molar-refractivity contribution < 1.29 is 4.79 Å². The average molecular weight is 372 g/mol. The molecular weight excluding hydrogens is 354 g/mol. The number of nitrogens with one attached hydrogen (secondary N) is 1. The molecule has 0 aliphatic rings. The maximum absolute atomic E-state index is 12.6. The number of fused-ring (bicyclic) bond motifs is 1. The monoisotopic (exact) mass is 371 g/mol. The Kier molecular flexibility index (Phi) is 4.48. The predicted molar refractivity (Wildman–Crippen MR) is 94.8 cm³/mol. The third kappa shape index (κ3) is 3.29. The summed E-state index contributed by atoms with van der Waals surface area (Å²) in [6, 6.07) is 12.1. The van der Waals surface area contributed by atoms with E-state index in [0.717, 1.165) is 27.8 Å². The fourth-order valence-electron chi connectivity index (χ4n) is 2.67. The van der Waals surface area contributed by atoms with E-state index in [1.54, 1.807) is 0 Å². The number of nitrogens with zero attached hydrogens (tertiary/aromatic N) is 2. The van der Waals surface area contributed by atoms with Gasteiger partial charge in [-0.3, -0.25) is 9.20 Å². The summed E-state index contributed by atoms with van der Waals surface area (Å²) in [5.74, 6) is -0.0940. The minimum absolute atomic E-state index is 0.0940. The minimum Gasteiger partial charge on any atom is -0.350 e. The van der Waals surface area contributed by atoms with Gasteiger partial charge in [0.2, 0.25) is 0 Å². The van der Waals surface area contributed by atoms with Gasteiger partial charge in [0.1, 0.15) is 5.69 Å². The zero-order valence-corrected chi connectivity index (χ0v) is 14.7. The first-order chi connectivity index (χ1) is 11.1. The summed E-state index contributed by atoms with van der Waals surface area (Å²) < 4.78 is 2.75. The summed E-state index contributed by atoms with van der Waals surface area (Å²) in [5.41, 5.74) is 4.37. The summed E-state index contributed by atoms with van der Waals surface area (Å²) in [7, 11) is 0. The van der Waals surface area contributed by atoms with Crippen molar-refractivity contribution in [1.29, 1.82) is 0 Å². The Morgan fingerprint density at radius 1 is 1.26 bits per heavy atom. The van der Waals surface area contributed by atoms with Crippen LogP contribution in [0.3, 0.4) is 0 Å². The molecule has 23 heavy (non-hydrogen) atoms. The molecule has 2 aromatic heterocycles. The van der Waals surface area contributed by atoms with Crippen LogP contribution in [-0.2, 0) is 6.42 Å². The number of benzene rings is 1. The number of carbonyl (C=O) groups excluding carboxylic acids is 1. The van der Waals surface area contributed by atoms with Gasteiger partial charge in [0.25, 0.3) is 5.91 Å². The van der Waals surface area contributed by atoms with Crippen LogP contribution >= 0.6 is 15.9 Å². The second-order valence-electron chi connectivity index (χ2n) is 5.60. The van der Waals surface area contributed by atoms with Gasteiger partial charge in [-0.15, -0.1) is 0 Å². The van der Waals surface area contributed by atoms with Crippen LogP contribution in [0.2, 0.25) is 0 Å². The van der Waals surface area contributed by atoms with Crippen molar-refractivity contribution in [3.05, 3.63) is 69.6 Å². The molecular formula is C18H18BrN3O. The Bertz CT molecular complexity index is 856. The Morgan fingerprint density at radius 3 is 2.74 bits per heavy atom. The number of pyridine rings is 1. The number of halogens is 1. The molecule has 3 aromatic rings. The van der Waals surface area contributed by atoms with Gasteiger partial charge < -0.3 is 5.32 Å². The van der Waals surface area contributed by atoms with Crippen molar-refractivity contribution in [3.63, 3.8) is 0 Å². The Hall–Kier alpha value is -2.14. The number of aryl methyl sites for hydroxylation is 2. The normalized spacial score (nSPS) is 10.9. The van der Waals surface area contributed by atoms with Crippen molar-refractivity contribution in [2.24, 2.45) is 0 Å². The van der Waals surface area contributed by atoms with Gasteiger partial charge in [-0.1, -0.05) is 30.3 Å². The molecule has 0 unspecified atom stereocenters. The molecule has 3 rings (SSSR count). The van der Waals surface area contributed by atoms with Gasteiger partial charge in [0, 0.05) is 12.7 Å². The molecule has 0 spiro atoms. The second-order valence-corrected chi connectivity index (χ2v) is 6.45. The molecule has 0 aliphatic carbocycles. The Balaban J connectivity index is 1.79. The van der Waals surface area contributed by atoms with Crippen molar-refractivity contribution in [1.82, 2.24) is 14.7 Å². The van der Waals surface area contributed by atoms with E-state index >= 15 is 0 Å². The molecule has 0 bridgehead atoms. The lowest BCUT2D eigenvalue weighted by atomic mass is 10.1. The third-order valence-electron chi connectivity index (χ3n) is 3.74. The quantitative estimate of drug-likeness (QED) is 0.759. The molecule has 2 heterocycles. The van der Waals surface area contributed by atoms with Crippen molar-refractivity contribution in [2.75, 3.05) is 6.54 Å². The highest BCUT2D eigenvalue weighted by molar-refractivity contribution is 9.10. The largest absolute Gasteiger partial charge is 0.350 e. The van der Waals surface area contributed by atoms with E-state index in [4.69, 9.17) is 0 Å². The van der Waals surface area contributed by atoms with Crippen LogP contribution in [0, 0.1) is 13.8 Å². The number of aromatic nitrogens is 2. The van der Waals surface area contributed by atoms with Crippen LogP contribution in [-0.4, -0.2) is 21.8 Å². The van der Waals surface area contributed by atoms with Gasteiger partial charge in [0.15, 0.2) is 5.65 Å². The topological polar surface area (TPSA) is 46.4 Å². The summed E-state index contributed by atoms with van der Waals surface area (Å²) in [6.45, 7) is 4.46. The second kappa shape index (κ2) is 6.54. The first kappa shape index (κ1) is 15.7. The number of carbonyl (C=O) groups is 1. The van der Waals surface area contributed by atoms with Crippen LogP contribution in [0.5, 0.6) is 0 Å². The van der Waals surface area contributed by atoms with E-state index in [0.29, 0.717) is 12.2 Å². The summed E-state index contributed by atoms with van der Waals surface area (Å²) in [6.07, 6.45) is 2.75. The molecule has 0 fully saturated rings. The van der Waals surface area contributed by atoms with E-state index in [1.807, 2.05) is 48.7 Å². The van der Waals surface area contributed by atoms with Crippen molar-refractivity contribution in [2.45, 2.75) is 20.3 Å². The highest BCUT2D eigenvalue weighted by atomic mass is 79.9. The van der Waals surface area contributed by atoms with Gasteiger partial charge in [-0.2, -0.15) is 0 Å². The molecule has 0 aliphatic heterocycles. The Labute approximate surface area is 143 Å². The van der Waals surface area contributed by atoms with Gasteiger partial charge in [-0.25, -0.2) is 4.98 Å². The van der Waals surface area contributed by atoms with Gasteiger partial charge >= 0.3 is 0 Å². The molecule has 0 saturated carbocycles.